The van der Waals surface area contributed by atoms with Crippen LogP contribution in [0.4, 0.5) is 5.69 Å². The second-order valence-corrected chi connectivity index (χ2v) is 7.29. The summed E-state index contributed by atoms with van der Waals surface area (Å²) in [7, 11) is 0. The lowest BCUT2D eigenvalue weighted by molar-refractivity contribution is -0.669. The zero-order valence-electron chi connectivity index (χ0n) is 15.2. The van der Waals surface area contributed by atoms with Gasteiger partial charge in [0.1, 0.15) is 18.0 Å². The highest BCUT2D eigenvalue weighted by Crippen LogP contribution is 2.47. The van der Waals surface area contributed by atoms with Crippen molar-refractivity contribution < 1.29 is 38.8 Å². The molecule has 2 aromatic carbocycles. The van der Waals surface area contributed by atoms with E-state index >= 15 is 0 Å². The molecule has 0 spiro atoms. The molecule has 1 aliphatic rings. The Kier molecular flexibility index (Phi) is 5.86. The number of pyridine rings is 1. The molecule has 2 heterocycles. The maximum absolute atomic E-state index is 9.83. The Morgan fingerprint density at radius 2 is 1.74 bits per heavy atom. The first-order valence-corrected chi connectivity index (χ1v) is 9.58. The van der Waals surface area contributed by atoms with Crippen molar-refractivity contribution in [3.8, 4) is 11.5 Å². The predicted molar refractivity (Wildman–Crippen MR) is 106 cm³/mol. The maximum Gasteiger partial charge on any atom is 0.213 e. The zero-order valence-corrected chi connectivity index (χ0v) is 18.2. The number of aromatic nitrogens is 1. The van der Waals surface area contributed by atoms with Gasteiger partial charge in [0.15, 0.2) is 0 Å². The van der Waals surface area contributed by atoms with Crippen LogP contribution in [0.5, 0.6) is 11.5 Å². The highest BCUT2D eigenvalue weighted by Gasteiger charge is 2.26. The highest BCUT2D eigenvalue weighted by molar-refractivity contribution is 8.03. The van der Waals surface area contributed by atoms with Gasteiger partial charge in [-0.15, -0.1) is 0 Å². The van der Waals surface area contributed by atoms with E-state index in [1.165, 1.54) is 0 Å². The molecule has 0 aliphatic carbocycles. The van der Waals surface area contributed by atoms with Crippen molar-refractivity contribution in [2.75, 3.05) is 11.4 Å². The van der Waals surface area contributed by atoms with Crippen molar-refractivity contribution in [2.45, 2.75) is 25.3 Å². The van der Waals surface area contributed by atoms with Gasteiger partial charge in [0, 0.05) is 35.7 Å². The Hall–Kier alpha value is -1.93. The van der Waals surface area contributed by atoms with Gasteiger partial charge < -0.3 is 39.1 Å². The summed E-state index contributed by atoms with van der Waals surface area (Å²) in [6, 6.07) is 15.1. The van der Waals surface area contributed by atoms with E-state index in [9.17, 15) is 10.2 Å². The first kappa shape index (κ1) is 19.8. The lowest BCUT2D eigenvalue weighted by atomic mass is 10.1. The third-order valence-corrected chi connectivity index (χ3v) is 5.78. The summed E-state index contributed by atoms with van der Waals surface area (Å²) in [5.41, 5.74) is 3.27. The topological polar surface area (TPSA) is 47.6 Å². The molecule has 0 bridgehead atoms. The van der Waals surface area contributed by atoms with Gasteiger partial charge in [-0.3, -0.25) is 0 Å². The van der Waals surface area contributed by atoms with Crippen LogP contribution < -0.4 is 33.4 Å². The van der Waals surface area contributed by atoms with Crippen LogP contribution in [0, 0.1) is 0 Å². The number of anilines is 1. The Labute approximate surface area is 180 Å². The smallest absolute Gasteiger partial charge is 0.213 e. The number of hydrogen-bond donors (Lipinski definition) is 2. The molecule has 4 nitrogen and oxygen atoms in total. The molecule has 0 fully saturated rings. The number of thioether (sulfide) groups is 1. The minimum atomic E-state index is 0. The van der Waals surface area contributed by atoms with Crippen LogP contribution in [0.25, 0.3) is 17.0 Å². The van der Waals surface area contributed by atoms with E-state index in [1.54, 1.807) is 30.0 Å². The summed E-state index contributed by atoms with van der Waals surface area (Å²) in [4.78, 5) is 3.38. The molecule has 0 radical (unpaired) electrons. The molecular formula is C21H21IN2O2S. The van der Waals surface area contributed by atoms with Crippen LogP contribution >= 0.6 is 11.8 Å². The van der Waals surface area contributed by atoms with Crippen LogP contribution in [-0.2, 0) is 6.54 Å². The number of aryl methyl sites for hydroxylation is 1. The van der Waals surface area contributed by atoms with Gasteiger partial charge in [-0.05, 0) is 44.2 Å². The van der Waals surface area contributed by atoms with Gasteiger partial charge in [-0.2, -0.15) is 4.57 Å². The minimum Gasteiger partial charge on any atom is -1.00 e. The molecule has 0 saturated carbocycles. The van der Waals surface area contributed by atoms with Gasteiger partial charge >= 0.3 is 0 Å². The Morgan fingerprint density at radius 1 is 1.00 bits per heavy atom. The van der Waals surface area contributed by atoms with E-state index in [1.807, 2.05) is 24.3 Å². The molecular weight excluding hydrogens is 471 g/mol. The molecule has 3 aromatic rings. The van der Waals surface area contributed by atoms with Gasteiger partial charge in [0.2, 0.25) is 11.2 Å². The van der Waals surface area contributed by atoms with Crippen molar-refractivity contribution >= 4 is 34.4 Å². The van der Waals surface area contributed by atoms with E-state index in [-0.39, 0.29) is 35.5 Å². The molecule has 0 atom stereocenters. The molecule has 27 heavy (non-hydrogen) atoms. The largest absolute Gasteiger partial charge is 1.00 e. The fourth-order valence-corrected chi connectivity index (χ4v) is 4.61. The second-order valence-electron chi connectivity index (χ2n) is 6.23. The van der Waals surface area contributed by atoms with E-state index in [0.717, 1.165) is 45.3 Å². The lowest BCUT2D eigenvalue weighted by Gasteiger charge is -2.17. The third-order valence-electron chi connectivity index (χ3n) is 4.66. The summed E-state index contributed by atoms with van der Waals surface area (Å²) in [5.74, 6) is 0.572. The molecule has 4 rings (SSSR count). The van der Waals surface area contributed by atoms with Gasteiger partial charge in [0.25, 0.3) is 0 Å². The number of hydrogen-bond acceptors (Lipinski definition) is 4. The minimum absolute atomic E-state index is 0. The van der Waals surface area contributed by atoms with Crippen LogP contribution in [-0.4, -0.2) is 16.8 Å². The van der Waals surface area contributed by atoms with Crippen molar-refractivity contribution in [2.24, 2.45) is 0 Å². The third kappa shape index (κ3) is 3.60. The number of phenols is 2. The standard InChI is InChI=1S/C21H20N2O2S.HI/c1-3-22-15(6-5-14-11-16(24)7-9-18(14)22)12-21-23(4-2)19-13-17(25)8-10-20(19)26-21;/h5-13H,3-4H2,1-2H3,(H-,24,25);1H. The fraction of sp³-hybridized carbons (Fsp3) is 0.190. The Balaban J connectivity index is 0.00000210. The molecule has 0 saturated heterocycles. The van der Waals surface area contributed by atoms with Gasteiger partial charge in [-0.25, -0.2) is 0 Å². The van der Waals surface area contributed by atoms with Crippen molar-refractivity contribution in [1.82, 2.24) is 0 Å². The van der Waals surface area contributed by atoms with E-state index in [4.69, 9.17) is 0 Å². The molecule has 0 amide bonds. The first-order valence-electron chi connectivity index (χ1n) is 8.76. The number of aromatic hydroxyl groups is 2. The molecule has 6 heteroatoms. The summed E-state index contributed by atoms with van der Waals surface area (Å²) < 4.78 is 2.25. The van der Waals surface area contributed by atoms with Crippen LogP contribution in [0.1, 0.15) is 19.5 Å². The number of halogens is 1. The SMILES string of the molecule is CCN1C(=Cc2ccc3cc(O)ccc3[n+]2CC)Sc2ccc(O)cc21.[I-]. The molecule has 1 aromatic heterocycles. The monoisotopic (exact) mass is 492 g/mol. The lowest BCUT2D eigenvalue weighted by Crippen LogP contribution is -3.00. The molecule has 140 valence electrons. The molecule has 2 N–H and O–H groups in total. The average Bonchev–Trinajstić information content (AvgIpc) is 2.97. The predicted octanol–water partition coefficient (Wildman–Crippen LogP) is 1.49. The zero-order chi connectivity index (χ0) is 18.3. The van der Waals surface area contributed by atoms with Gasteiger partial charge in [-0.1, -0.05) is 11.8 Å². The number of fused-ring (bicyclic) bond motifs is 2. The van der Waals surface area contributed by atoms with Crippen LogP contribution in [0.15, 0.2) is 58.5 Å². The fourth-order valence-electron chi connectivity index (χ4n) is 3.45. The Bertz CT molecular complexity index is 1040. The summed E-state index contributed by atoms with van der Waals surface area (Å²) in [5, 5.41) is 21.7. The van der Waals surface area contributed by atoms with Gasteiger partial charge in [0.05, 0.1) is 16.1 Å². The number of benzene rings is 2. The van der Waals surface area contributed by atoms with E-state index in [0.29, 0.717) is 0 Å². The number of phenolic OH excluding ortho intramolecular Hbond substituents is 2. The van der Waals surface area contributed by atoms with Crippen LogP contribution in [0.3, 0.4) is 0 Å². The number of nitrogens with zero attached hydrogens (tertiary/aromatic N) is 2. The maximum atomic E-state index is 9.83. The second kappa shape index (κ2) is 7.98. The first-order chi connectivity index (χ1) is 12.6. The summed E-state index contributed by atoms with van der Waals surface area (Å²) in [6.07, 6.45) is 2.20. The number of rotatable bonds is 3. The molecule has 0 unspecified atom stereocenters. The van der Waals surface area contributed by atoms with Crippen molar-refractivity contribution in [1.29, 1.82) is 0 Å². The quantitative estimate of drug-likeness (QED) is 0.430. The average molecular weight is 492 g/mol. The van der Waals surface area contributed by atoms with Crippen molar-refractivity contribution in [3.05, 3.63) is 59.3 Å². The van der Waals surface area contributed by atoms with Crippen molar-refractivity contribution in [3.63, 3.8) is 0 Å². The summed E-state index contributed by atoms with van der Waals surface area (Å²) >= 11 is 1.72. The Morgan fingerprint density at radius 3 is 2.48 bits per heavy atom. The van der Waals surface area contributed by atoms with Crippen LogP contribution in [0.2, 0.25) is 0 Å². The highest BCUT2D eigenvalue weighted by atomic mass is 127. The normalized spacial score (nSPS) is 14.4. The summed E-state index contributed by atoms with van der Waals surface area (Å²) in [6.45, 7) is 5.92. The van der Waals surface area contributed by atoms with E-state index < -0.39 is 0 Å². The molecule has 1 aliphatic heterocycles. The van der Waals surface area contributed by atoms with E-state index in [2.05, 4.69) is 35.5 Å².